The lowest BCUT2D eigenvalue weighted by Gasteiger charge is -2.30. The topological polar surface area (TPSA) is 90.4 Å². The van der Waals surface area contributed by atoms with Crippen LogP contribution in [-0.4, -0.2) is 37.9 Å². The summed E-state index contributed by atoms with van der Waals surface area (Å²) in [5.41, 5.74) is 0.706. The lowest BCUT2D eigenvalue weighted by atomic mass is 9.88. The van der Waals surface area contributed by atoms with E-state index in [2.05, 4.69) is 14.7 Å². The number of rotatable bonds is 7. The van der Waals surface area contributed by atoms with Gasteiger partial charge in [-0.15, -0.1) is 0 Å². The van der Waals surface area contributed by atoms with Crippen molar-refractivity contribution in [2.45, 2.75) is 43.4 Å². The maximum atomic E-state index is 13.1. The standard InChI is InChI=1S/C19H24FN3O4S/c1-26-15-8-7-13(17(9-15)27-2)10-23-28(24,25)18-6-4-3-5-16(18)19-21-11-14(20)12-22-19/h7-9,11-12,16,18,23H,3-6,10H2,1-2H3/t16-,18-/m1/s1. The zero-order valence-corrected chi connectivity index (χ0v) is 16.7. The van der Waals surface area contributed by atoms with Gasteiger partial charge in [0, 0.05) is 24.1 Å². The number of halogens is 1. The zero-order chi connectivity index (χ0) is 20.1. The van der Waals surface area contributed by atoms with Crippen LogP contribution in [0.5, 0.6) is 11.5 Å². The van der Waals surface area contributed by atoms with E-state index >= 15 is 0 Å². The van der Waals surface area contributed by atoms with Crippen LogP contribution >= 0.6 is 0 Å². The number of sulfonamides is 1. The van der Waals surface area contributed by atoms with Gasteiger partial charge in [-0.1, -0.05) is 18.9 Å². The predicted molar refractivity (Wildman–Crippen MR) is 102 cm³/mol. The number of nitrogens with zero attached hydrogens (tertiary/aromatic N) is 2. The minimum Gasteiger partial charge on any atom is -0.497 e. The van der Waals surface area contributed by atoms with E-state index in [1.165, 1.54) is 7.11 Å². The molecule has 1 aromatic heterocycles. The van der Waals surface area contributed by atoms with Gasteiger partial charge in [0.05, 0.1) is 31.9 Å². The predicted octanol–water partition coefficient (Wildman–Crippen LogP) is 2.78. The number of methoxy groups -OCH3 is 2. The second-order valence-corrected chi connectivity index (χ2v) is 8.72. The molecule has 1 saturated carbocycles. The molecule has 1 fully saturated rings. The van der Waals surface area contributed by atoms with Crippen LogP contribution in [0.4, 0.5) is 4.39 Å². The molecule has 1 aliphatic rings. The lowest BCUT2D eigenvalue weighted by Crippen LogP contribution is -2.40. The summed E-state index contributed by atoms with van der Waals surface area (Å²) in [4.78, 5) is 8.04. The highest BCUT2D eigenvalue weighted by Crippen LogP contribution is 2.35. The van der Waals surface area contributed by atoms with E-state index in [-0.39, 0.29) is 12.5 Å². The Morgan fingerprint density at radius 2 is 1.86 bits per heavy atom. The molecule has 3 rings (SSSR count). The van der Waals surface area contributed by atoms with E-state index in [4.69, 9.17) is 9.47 Å². The average Bonchev–Trinajstić information content (AvgIpc) is 2.72. The fourth-order valence-electron chi connectivity index (χ4n) is 3.56. The van der Waals surface area contributed by atoms with Crippen LogP contribution in [-0.2, 0) is 16.6 Å². The molecule has 0 aliphatic heterocycles. The van der Waals surface area contributed by atoms with E-state index in [1.54, 1.807) is 25.3 Å². The van der Waals surface area contributed by atoms with E-state index < -0.39 is 21.1 Å². The third-order valence-electron chi connectivity index (χ3n) is 5.03. The van der Waals surface area contributed by atoms with Crippen LogP contribution in [0.3, 0.4) is 0 Å². The smallest absolute Gasteiger partial charge is 0.215 e. The Hall–Kier alpha value is -2.26. The Kier molecular flexibility index (Phi) is 6.46. The normalized spacial score (nSPS) is 20.0. The van der Waals surface area contributed by atoms with Gasteiger partial charge in [0.15, 0.2) is 5.82 Å². The van der Waals surface area contributed by atoms with Gasteiger partial charge in [-0.3, -0.25) is 0 Å². The number of ether oxygens (including phenoxy) is 2. The molecule has 0 spiro atoms. The molecule has 7 nitrogen and oxygen atoms in total. The quantitative estimate of drug-likeness (QED) is 0.756. The summed E-state index contributed by atoms with van der Waals surface area (Å²) in [6.45, 7) is 0.100. The molecule has 28 heavy (non-hydrogen) atoms. The van der Waals surface area contributed by atoms with Gasteiger partial charge in [0.1, 0.15) is 17.3 Å². The van der Waals surface area contributed by atoms with Crippen molar-refractivity contribution in [1.29, 1.82) is 0 Å². The van der Waals surface area contributed by atoms with Gasteiger partial charge in [0.2, 0.25) is 10.0 Å². The Bertz CT molecular complexity index is 906. The third kappa shape index (κ3) is 4.59. The Morgan fingerprint density at radius 3 is 2.54 bits per heavy atom. The lowest BCUT2D eigenvalue weighted by molar-refractivity contribution is 0.390. The molecular formula is C19H24FN3O4S. The highest BCUT2D eigenvalue weighted by atomic mass is 32.2. The molecule has 1 aromatic carbocycles. The maximum absolute atomic E-state index is 13.1. The Morgan fingerprint density at radius 1 is 1.14 bits per heavy atom. The van der Waals surface area contributed by atoms with Gasteiger partial charge in [0.25, 0.3) is 0 Å². The van der Waals surface area contributed by atoms with Crippen molar-refractivity contribution < 1.29 is 22.3 Å². The second-order valence-electron chi connectivity index (χ2n) is 6.73. The first-order valence-corrected chi connectivity index (χ1v) is 10.7. The summed E-state index contributed by atoms with van der Waals surface area (Å²) < 4.78 is 52.4. The highest BCUT2D eigenvalue weighted by molar-refractivity contribution is 7.90. The summed E-state index contributed by atoms with van der Waals surface area (Å²) in [5.74, 6) is 0.653. The molecule has 1 N–H and O–H groups in total. The minimum absolute atomic E-state index is 0.100. The van der Waals surface area contributed by atoms with Crippen LogP contribution in [0, 0.1) is 5.82 Å². The largest absolute Gasteiger partial charge is 0.497 e. The SMILES string of the molecule is COc1ccc(CNS(=O)(=O)[C@@H]2CCCC[C@H]2c2ncc(F)cn2)c(OC)c1. The molecule has 9 heteroatoms. The van der Waals surface area contributed by atoms with Crippen LogP contribution < -0.4 is 14.2 Å². The van der Waals surface area contributed by atoms with Gasteiger partial charge in [-0.05, 0) is 18.9 Å². The number of aromatic nitrogens is 2. The monoisotopic (exact) mass is 409 g/mol. The number of hydrogen-bond acceptors (Lipinski definition) is 6. The summed E-state index contributed by atoms with van der Waals surface area (Å²) in [6.07, 6.45) is 5.04. The third-order valence-corrected chi connectivity index (χ3v) is 6.94. The van der Waals surface area contributed by atoms with Crippen LogP contribution in [0.15, 0.2) is 30.6 Å². The van der Waals surface area contributed by atoms with Gasteiger partial charge < -0.3 is 9.47 Å². The number of hydrogen-bond donors (Lipinski definition) is 1. The van der Waals surface area contributed by atoms with Gasteiger partial charge in [-0.25, -0.2) is 27.5 Å². The first-order valence-electron chi connectivity index (χ1n) is 9.11. The molecule has 0 unspecified atom stereocenters. The zero-order valence-electron chi connectivity index (χ0n) is 15.9. The minimum atomic E-state index is -3.64. The average molecular weight is 409 g/mol. The summed E-state index contributed by atoms with van der Waals surface area (Å²) in [6, 6.07) is 5.23. The van der Waals surface area contributed by atoms with Crippen molar-refractivity contribution in [1.82, 2.24) is 14.7 Å². The van der Waals surface area contributed by atoms with Crippen LogP contribution in [0.1, 0.15) is 43.0 Å². The molecule has 2 aromatic rings. The van der Waals surface area contributed by atoms with Crippen molar-refractivity contribution >= 4 is 10.0 Å². The number of nitrogens with one attached hydrogen (secondary N) is 1. The first-order chi connectivity index (χ1) is 13.4. The summed E-state index contributed by atoms with van der Waals surface area (Å²) in [5, 5.41) is -0.657. The van der Waals surface area contributed by atoms with Crippen molar-refractivity contribution in [2.75, 3.05) is 14.2 Å². The molecule has 1 aliphatic carbocycles. The number of benzene rings is 1. The van der Waals surface area contributed by atoms with E-state index in [0.29, 0.717) is 35.7 Å². The van der Waals surface area contributed by atoms with Crippen LogP contribution in [0.2, 0.25) is 0 Å². The van der Waals surface area contributed by atoms with Crippen molar-refractivity contribution in [3.05, 3.63) is 47.8 Å². The van der Waals surface area contributed by atoms with Crippen molar-refractivity contribution in [2.24, 2.45) is 0 Å². The molecule has 0 saturated heterocycles. The molecule has 0 amide bonds. The molecular weight excluding hydrogens is 385 g/mol. The van der Waals surface area contributed by atoms with Crippen LogP contribution in [0.25, 0.3) is 0 Å². The Balaban J connectivity index is 1.78. The second kappa shape index (κ2) is 8.83. The van der Waals surface area contributed by atoms with Gasteiger partial charge in [-0.2, -0.15) is 0 Å². The summed E-state index contributed by atoms with van der Waals surface area (Å²) >= 11 is 0. The molecule has 0 radical (unpaired) electrons. The molecule has 1 heterocycles. The van der Waals surface area contributed by atoms with Crippen molar-refractivity contribution in [3.8, 4) is 11.5 Å². The van der Waals surface area contributed by atoms with Crippen molar-refractivity contribution in [3.63, 3.8) is 0 Å². The molecule has 2 atom stereocenters. The summed E-state index contributed by atoms with van der Waals surface area (Å²) in [7, 11) is -0.563. The fourth-order valence-corrected chi connectivity index (χ4v) is 5.30. The fraction of sp³-hybridized carbons (Fsp3) is 0.474. The Labute approximate surface area is 164 Å². The van der Waals surface area contributed by atoms with E-state index in [0.717, 1.165) is 25.2 Å². The molecule has 152 valence electrons. The van der Waals surface area contributed by atoms with E-state index in [1.807, 2.05) is 0 Å². The maximum Gasteiger partial charge on any atom is 0.215 e. The van der Waals surface area contributed by atoms with E-state index in [9.17, 15) is 12.8 Å². The molecule has 0 bridgehead atoms. The first kappa shape index (κ1) is 20.5. The van der Waals surface area contributed by atoms with Gasteiger partial charge >= 0.3 is 0 Å². The highest BCUT2D eigenvalue weighted by Gasteiger charge is 2.37.